The number of nitrogens with zero attached hydrogens (tertiary/aromatic N) is 1. The van der Waals surface area contributed by atoms with Crippen molar-refractivity contribution in [1.29, 1.82) is 0 Å². The summed E-state index contributed by atoms with van der Waals surface area (Å²) in [6.45, 7) is 8.21. The molecule has 4 heteroatoms. The number of rotatable bonds is 10. The summed E-state index contributed by atoms with van der Waals surface area (Å²) in [5.41, 5.74) is 0. The molecule has 0 fully saturated rings. The van der Waals surface area contributed by atoms with Gasteiger partial charge in [-0.05, 0) is 19.3 Å². The maximum absolute atomic E-state index is 14.1. The van der Waals surface area contributed by atoms with Gasteiger partial charge < -0.3 is 12.4 Å². The van der Waals surface area contributed by atoms with Crippen LogP contribution in [0.15, 0.2) is 0 Å². The summed E-state index contributed by atoms with van der Waals surface area (Å²) in [5.74, 6) is 0. The summed E-state index contributed by atoms with van der Waals surface area (Å²) >= 11 is 0. The topological polar surface area (TPSA) is 7.45 Å². The number of quaternary nitrogens is 1. The Morgan fingerprint density at radius 2 is 1.63 bits per heavy atom. The number of halogens is 2. The molecule has 0 bridgehead atoms. The molecule has 1 aliphatic rings. The van der Waals surface area contributed by atoms with E-state index in [2.05, 4.69) is 13.8 Å². The molecule has 0 aromatic heterocycles. The smallest absolute Gasteiger partial charge is 0.535 e. The van der Waals surface area contributed by atoms with Gasteiger partial charge in [0.2, 0.25) is 0 Å². The van der Waals surface area contributed by atoms with Crippen LogP contribution in [0.3, 0.4) is 0 Å². The van der Waals surface area contributed by atoms with Gasteiger partial charge in [0.05, 0.1) is 6.54 Å². The number of unbranched alkanes of at least 4 members (excludes halogenated alkanes) is 6. The fraction of sp³-hybridized carbons (Fsp3) is 0.933. The van der Waals surface area contributed by atoms with Gasteiger partial charge in [0.1, 0.15) is 6.54 Å². The second-order valence-electron chi connectivity index (χ2n) is 5.50. The number of hydrogen-bond donors (Lipinski definition) is 1. The molecule has 1 atom stereocenters. The summed E-state index contributed by atoms with van der Waals surface area (Å²) in [4.78, 5) is 1.08. The Morgan fingerprint density at radius 3 is 2.26 bits per heavy atom. The molecular formula is C15H31ClFN2+. The highest BCUT2D eigenvalue weighted by molar-refractivity contribution is 5.57. The third kappa shape index (κ3) is 7.26. The van der Waals surface area contributed by atoms with E-state index in [1.165, 1.54) is 44.9 Å². The summed E-state index contributed by atoms with van der Waals surface area (Å²) in [6, 6.07) is 0. The van der Waals surface area contributed by atoms with E-state index < -0.39 is 0 Å². The zero-order valence-electron chi connectivity index (χ0n) is 12.7. The van der Waals surface area contributed by atoms with Crippen LogP contribution in [0, 0.1) is 0 Å². The first-order valence-corrected chi connectivity index (χ1v) is 7.92. The average Bonchev–Trinajstić information content (AvgIpc) is 2.72. The molecule has 114 valence electrons. The zero-order valence-corrected chi connectivity index (χ0v) is 13.4. The van der Waals surface area contributed by atoms with Crippen molar-refractivity contribution in [2.75, 3.05) is 26.2 Å². The molecular weight excluding hydrogens is 263 g/mol. The molecule has 0 saturated heterocycles. The van der Waals surface area contributed by atoms with Crippen LogP contribution in [0.25, 0.3) is 0 Å². The van der Waals surface area contributed by atoms with Crippen LogP contribution in [0.1, 0.15) is 65.2 Å². The third-order valence-electron chi connectivity index (χ3n) is 3.87. The largest absolute Gasteiger partial charge is 1.00 e. The lowest BCUT2D eigenvalue weighted by atomic mass is 10.2. The Morgan fingerprint density at radius 1 is 1.00 bits per heavy atom. The van der Waals surface area contributed by atoms with Crippen molar-refractivity contribution in [2.45, 2.75) is 65.2 Å². The van der Waals surface area contributed by atoms with Crippen molar-refractivity contribution in [2.24, 2.45) is 0 Å². The predicted molar refractivity (Wildman–Crippen MR) is 75.1 cm³/mol. The molecule has 0 aliphatic carbocycles. The highest BCUT2D eigenvalue weighted by Gasteiger charge is 2.35. The fourth-order valence-electron chi connectivity index (χ4n) is 2.63. The summed E-state index contributed by atoms with van der Waals surface area (Å²) in [5, 5.41) is 0. The normalized spacial score (nSPS) is 18.8. The van der Waals surface area contributed by atoms with Crippen molar-refractivity contribution >= 4 is 6.09 Å². The molecule has 1 unspecified atom stereocenters. The highest BCUT2D eigenvalue weighted by atomic mass is 35.5. The lowest BCUT2D eigenvalue weighted by Gasteiger charge is -2.04. The third-order valence-corrected chi connectivity index (χ3v) is 3.87. The van der Waals surface area contributed by atoms with Crippen molar-refractivity contribution in [3.63, 3.8) is 0 Å². The van der Waals surface area contributed by atoms with E-state index in [0.29, 0.717) is 0 Å². The van der Waals surface area contributed by atoms with E-state index in [-0.39, 0.29) is 18.5 Å². The van der Waals surface area contributed by atoms with Crippen LogP contribution in [-0.4, -0.2) is 36.8 Å². The maximum Gasteiger partial charge on any atom is 0.535 e. The molecule has 19 heavy (non-hydrogen) atoms. The first-order chi connectivity index (χ1) is 8.79. The molecule has 0 radical (unpaired) electrons. The van der Waals surface area contributed by atoms with Crippen LogP contribution in [-0.2, 0) is 0 Å². The SMILES string of the molecule is CCCCCC[N+]1=C(F)[NH+](CCCCCC)CC1.[Cl-]. The van der Waals surface area contributed by atoms with Gasteiger partial charge in [0.25, 0.3) is 0 Å². The Balaban J connectivity index is 0.00000324. The maximum atomic E-state index is 14.1. The van der Waals surface area contributed by atoms with Gasteiger partial charge >= 0.3 is 6.09 Å². The summed E-state index contributed by atoms with van der Waals surface area (Å²) in [7, 11) is 0. The van der Waals surface area contributed by atoms with Crippen molar-refractivity contribution in [3.05, 3.63) is 0 Å². The molecule has 2 nitrogen and oxygen atoms in total. The quantitative estimate of drug-likeness (QED) is 0.312. The van der Waals surface area contributed by atoms with Crippen molar-refractivity contribution in [1.82, 2.24) is 0 Å². The van der Waals surface area contributed by atoms with E-state index in [0.717, 1.165) is 37.5 Å². The van der Waals surface area contributed by atoms with Gasteiger partial charge in [-0.15, -0.1) is 4.58 Å². The van der Waals surface area contributed by atoms with Gasteiger partial charge in [0, 0.05) is 6.42 Å². The van der Waals surface area contributed by atoms with E-state index in [4.69, 9.17) is 0 Å². The van der Waals surface area contributed by atoms with Gasteiger partial charge in [0.15, 0.2) is 13.1 Å². The van der Waals surface area contributed by atoms with Crippen LogP contribution < -0.4 is 17.3 Å². The van der Waals surface area contributed by atoms with E-state index in [9.17, 15) is 4.39 Å². The Labute approximate surface area is 124 Å². The lowest BCUT2D eigenvalue weighted by molar-refractivity contribution is -0.809. The van der Waals surface area contributed by atoms with E-state index in [1.807, 2.05) is 4.58 Å². The lowest BCUT2D eigenvalue weighted by Crippen LogP contribution is -3.13. The van der Waals surface area contributed by atoms with E-state index >= 15 is 0 Å². The fourth-order valence-corrected chi connectivity index (χ4v) is 2.63. The number of nitrogens with one attached hydrogen (secondary N) is 1. The minimum atomic E-state index is 0. The van der Waals surface area contributed by atoms with Crippen LogP contribution in [0.5, 0.6) is 0 Å². The minimum absolute atomic E-state index is 0. The monoisotopic (exact) mass is 293 g/mol. The van der Waals surface area contributed by atoms with Gasteiger partial charge in [-0.25, -0.2) is 4.90 Å². The summed E-state index contributed by atoms with van der Waals surface area (Å²) in [6.07, 6.45) is 9.99. The Bertz CT molecular complexity index is 257. The molecule has 1 aliphatic heterocycles. The van der Waals surface area contributed by atoms with Gasteiger partial charge in [-0.1, -0.05) is 43.9 Å². The Kier molecular flexibility index (Phi) is 11.6. The molecule has 0 aromatic rings. The van der Waals surface area contributed by atoms with Crippen LogP contribution in [0.2, 0.25) is 0 Å². The number of hydrogen-bond acceptors (Lipinski definition) is 0. The predicted octanol–water partition coefficient (Wildman–Crippen LogP) is -0.612. The van der Waals surface area contributed by atoms with Gasteiger partial charge in [-0.3, -0.25) is 0 Å². The minimum Gasteiger partial charge on any atom is -1.00 e. The Hall–Kier alpha value is -0.150. The van der Waals surface area contributed by atoms with E-state index in [1.54, 1.807) is 0 Å². The molecule has 0 aromatic carbocycles. The first kappa shape index (κ1) is 18.9. The zero-order chi connectivity index (χ0) is 13.2. The highest BCUT2D eigenvalue weighted by Crippen LogP contribution is 2.00. The molecule has 0 saturated carbocycles. The summed E-state index contributed by atoms with van der Waals surface area (Å²) < 4.78 is 16.0. The van der Waals surface area contributed by atoms with Crippen LogP contribution >= 0.6 is 0 Å². The second kappa shape index (κ2) is 11.7. The van der Waals surface area contributed by atoms with Gasteiger partial charge in [-0.2, -0.15) is 0 Å². The molecule has 0 spiro atoms. The molecule has 1 rings (SSSR count). The number of amidine groups is 1. The second-order valence-corrected chi connectivity index (χ2v) is 5.50. The molecule has 1 N–H and O–H groups in total. The van der Waals surface area contributed by atoms with Crippen LogP contribution in [0.4, 0.5) is 4.39 Å². The molecule has 1 heterocycles. The molecule has 0 amide bonds. The first-order valence-electron chi connectivity index (χ1n) is 7.92. The average molecular weight is 294 g/mol. The van der Waals surface area contributed by atoms with Crippen molar-refractivity contribution < 1.29 is 26.3 Å². The van der Waals surface area contributed by atoms with Crippen molar-refractivity contribution in [3.8, 4) is 0 Å². The standard InChI is InChI=1S/C15H30FN2.ClH/c1-3-5-7-9-11-17-13-14-18(15(17)16)12-10-8-6-4-2;/h3-14H2,1-2H3;1H/q+1;.